The van der Waals surface area contributed by atoms with Crippen LogP contribution in [-0.2, 0) is 6.54 Å². The van der Waals surface area contributed by atoms with Crippen LogP contribution >= 0.6 is 0 Å². The SMILES string of the molecule is COc1cc(N)c(C(=O)N(C)Cc2ccoc2)cc1OC. The Bertz CT molecular complexity index is 623. The molecule has 112 valence electrons. The van der Waals surface area contributed by atoms with E-state index in [2.05, 4.69) is 0 Å². The van der Waals surface area contributed by atoms with Gasteiger partial charge in [0.1, 0.15) is 0 Å². The Morgan fingerprint density at radius 2 is 1.95 bits per heavy atom. The third-order valence-electron chi connectivity index (χ3n) is 3.13. The van der Waals surface area contributed by atoms with E-state index < -0.39 is 0 Å². The first-order valence-electron chi connectivity index (χ1n) is 6.34. The minimum Gasteiger partial charge on any atom is -0.493 e. The zero-order chi connectivity index (χ0) is 15.4. The van der Waals surface area contributed by atoms with E-state index in [1.807, 2.05) is 6.07 Å². The van der Waals surface area contributed by atoms with Gasteiger partial charge in [0.05, 0.1) is 32.3 Å². The standard InChI is InChI=1S/C15H18N2O4/c1-17(8-10-4-5-21-9-10)15(18)11-6-13(19-2)14(20-3)7-12(11)16/h4-7,9H,8,16H2,1-3H3. The average Bonchev–Trinajstić information content (AvgIpc) is 2.99. The van der Waals surface area contributed by atoms with Crippen molar-refractivity contribution in [2.45, 2.75) is 6.54 Å². The minimum absolute atomic E-state index is 0.199. The summed E-state index contributed by atoms with van der Waals surface area (Å²) in [7, 11) is 4.73. The maximum absolute atomic E-state index is 12.5. The molecule has 1 aromatic heterocycles. The van der Waals surface area contributed by atoms with E-state index in [4.69, 9.17) is 19.6 Å². The lowest BCUT2D eigenvalue weighted by Crippen LogP contribution is -2.26. The van der Waals surface area contributed by atoms with Gasteiger partial charge in [-0.1, -0.05) is 0 Å². The Kier molecular flexibility index (Phi) is 4.37. The van der Waals surface area contributed by atoms with Gasteiger partial charge in [-0.25, -0.2) is 0 Å². The second-order valence-electron chi connectivity index (χ2n) is 4.59. The van der Waals surface area contributed by atoms with E-state index >= 15 is 0 Å². The van der Waals surface area contributed by atoms with Crippen LogP contribution in [0.5, 0.6) is 11.5 Å². The predicted octanol–water partition coefficient (Wildman–Crippen LogP) is 2.15. The number of nitrogens with two attached hydrogens (primary N) is 1. The molecule has 0 aliphatic rings. The molecule has 6 nitrogen and oxygen atoms in total. The predicted molar refractivity (Wildman–Crippen MR) is 78.5 cm³/mol. The van der Waals surface area contributed by atoms with Gasteiger partial charge < -0.3 is 24.5 Å². The molecule has 0 spiro atoms. The highest BCUT2D eigenvalue weighted by molar-refractivity contribution is 5.99. The fourth-order valence-electron chi connectivity index (χ4n) is 2.01. The quantitative estimate of drug-likeness (QED) is 0.854. The minimum atomic E-state index is -0.199. The lowest BCUT2D eigenvalue weighted by molar-refractivity contribution is 0.0785. The van der Waals surface area contributed by atoms with Gasteiger partial charge in [-0.3, -0.25) is 4.79 Å². The number of furan rings is 1. The van der Waals surface area contributed by atoms with Gasteiger partial charge in [0.2, 0.25) is 0 Å². The lowest BCUT2D eigenvalue weighted by Gasteiger charge is -2.18. The lowest BCUT2D eigenvalue weighted by atomic mass is 10.1. The number of rotatable bonds is 5. The number of nitrogens with zero attached hydrogens (tertiary/aromatic N) is 1. The third-order valence-corrected chi connectivity index (χ3v) is 3.13. The van der Waals surface area contributed by atoms with Crippen LogP contribution in [0.1, 0.15) is 15.9 Å². The molecule has 0 bridgehead atoms. The van der Waals surface area contributed by atoms with Crippen LogP contribution in [0.4, 0.5) is 5.69 Å². The molecule has 0 unspecified atom stereocenters. The number of benzene rings is 1. The first kappa shape index (κ1) is 14.8. The summed E-state index contributed by atoms with van der Waals surface area (Å²) in [5.41, 5.74) is 7.56. The van der Waals surface area contributed by atoms with E-state index in [9.17, 15) is 4.79 Å². The molecule has 0 aliphatic heterocycles. The summed E-state index contributed by atoms with van der Waals surface area (Å²) in [5.74, 6) is 0.755. The van der Waals surface area contributed by atoms with Crippen LogP contribution in [0.25, 0.3) is 0 Å². The first-order valence-corrected chi connectivity index (χ1v) is 6.34. The van der Waals surface area contributed by atoms with Gasteiger partial charge in [-0.2, -0.15) is 0 Å². The summed E-state index contributed by atoms with van der Waals surface area (Å²) >= 11 is 0. The van der Waals surface area contributed by atoms with Crippen molar-refractivity contribution in [2.24, 2.45) is 0 Å². The Hall–Kier alpha value is -2.63. The van der Waals surface area contributed by atoms with Crippen LogP contribution in [0.15, 0.2) is 35.1 Å². The highest BCUT2D eigenvalue weighted by Gasteiger charge is 2.18. The van der Waals surface area contributed by atoms with E-state index in [0.29, 0.717) is 29.3 Å². The smallest absolute Gasteiger partial charge is 0.256 e. The zero-order valence-corrected chi connectivity index (χ0v) is 12.3. The molecule has 1 heterocycles. The van der Waals surface area contributed by atoms with Crippen molar-refractivity contribution < 1.29 is 18.7 Å². The highest BCUT2D eigenvalue weighted by Crippen LogP contribution is 2.32. The summed E-state index contributed by atoms with van der Waals surface area (Å²) in [4.78, 5) is 14.0. The number of carbonyl (C=O) groups is 1. The molecule has 1 amide bonds. The van der Waals surface area contributed by atoms with Crippen LogP contribution < -0.4 is 15.2 Å². The number of hydrogen-bond acceptors (Lipinski definition) is 5. The number of amides is 1. The van der Waals surface area contributed by atoms with Crippen LogP contribution in [0, 0.1) is 0 Å². The topological polar surface area (TPSA) is 77.9 Å². The maximum Gasteiger partial charge on any atom is 0.256 e. The van der Waals surface area contributed by atoms with Gasteiger partial charge in [-0.15, -0.1) is 0 Å². The molecule has 0 radical (unpaired) electrons. The van der Waals surface area contributed by atoms with Crippen molar-refractivity contribution in [3.8, 4) is 11.5 Å². The average molecular weight is 290 g/mol. The number of methoxy groups -OCH3 is 2. The second kappa shape index (κ2) is 6.21. The highest BCUT2D eigenvalue weighted by atomic mass is 16.5. The van der Waals surface area contributed by atoms with Gasteiger partial charge in [0.25, 0.3) is 5.91 Å². The molecule has 21 heavy (non-hydrogen) atoms. The molecule has 6 heteroatoms. The summed E-state index contributed by atoms with van der Waals surface area (Å²) in [6, 6.07) is 4.97. The molecule has 1 aromatic carbocycles. The number of ether oxygens (including phenoxy) is 2. The number of anilines is 1. The molecular formula is C15H18N2O4. The molecule has 2 rings (SSSR count). The molecule has 2 N–H and O–H groups in total. The molecule has 0 saturated carbocycles. The van der Waals surface area contributed by atoms with Crippen molar-refractivity contribution in [2.75, 3.05) is 27.0 Å². The van der Waals surface area contributed by atoms with Crippen molar-refractivity contribution in [3.63, 3.8) is 0 Å². The van der Waals surface area contributed by atoms with E-state index in [1.165, 1.54) is 14.2 Å². The third kappa shape index (κ3) is 3.10. The molecule has 0 fully saturated rings. The van der Waals surface area contributed by atoms with E-state index in [1.54, 1.807) is 36.6 Å². The van der Waals surface area contributed by atoms with Gasteiger partial charge in [0, 0.05) is 30.9 Å². The monoisotopic (exact) mass is 290 g/mol. The molecule has 0 aliphatic carbocycles. The summed E-state index contributed by atoms with van der Waals surface area (Å²) in [6.45, 7) is 0.434. The molecule has 0 atom stereocenters. The molecule has 2 aromatic rings. The zero-order valence-electron chi connectivity index (χ0n) is 12.3. The molecular weight excluding hydrogens is 272 g/mol. The second-order valence-corrected chi connectivity index (χ2v) is 4.59. The van der Waals surface area contributed by atoms with Gasteiger partial charge in [-0.05, 0) is 12.1 Å². The van der Waals surface area contributed by atoms with Crippen LogP contribution in [0.3, 0.4) is 0 Å². The Morgan fingerprint density at radius 1 is 1.29 bits per heavy atom. The van der Waals surface area contributed by atoms with Gasteiger partial charge in [0.15, 0.2) is 11.5 Å². The van der Waals surface area contributed by atoms with Gasteiger partial charge >= 0.3 is 0 Å². The largest absolute Gasteiger partial charge is 0.493 e. The number of nitrogen functional groups attached to an aromatic ring is 1. The van der Waals surface area contributed by atoms with Crippen molar-refractivity contribution in [1.29, 1.82) is 0 Å². The number of carbonyl (C=O) groups excluding carboxylic acids is 1. The van der Waals surface area contributed by atoms with Crippen molar-refractivity contribution in [3.05, 3.63) is 41.9 Å². The Morgan fingerprint density at radius 3 is 2.52 bits per heavy atom. The maximum atomic E-state index is 12.5. The van der Waals surface area contributed by atoms with E-state index in [-0.39, 0.29) is 5.91 Å². The summed E-state index contributed by atoms with van der Waals surface area (Å²) in [5, 5.41) is 0. The Balaban J connectivity index is 2.25. The van der Waals surface area contributed by atoms with E-state index in [0.717, 1.165) is 5.56 Å². The fraction of sp³-hybridized carbons (Fsp3) is 0.267. The molecule has 0 saturated heterocycles. The van der Waals surface area contributed by atoms with Crippen molar-refractivity contribution in [1.82, 2.24) is 4.90 Å². The Labute approximate surface area is 123 Å². The van der Waals surface area contributed by atoms with Crippen LogP contribution in [-0.4, -0.2) is 32.1 Å². The number of hydrogen-bond donors (Lipinski definition) is 1. The van der Waals surface area contributed by atoms with Crippen molar-refractivity contribution >= 4 is 11.6 Å². The first-order chi connectivity index (χ1) is 10.1. The normalized spacial score (nSPS) is 10.2. The summed E-state index contributed by atoms with van der Waals surface area (Å²) < 4.78 is 15.3. The fourth-order valence-corrected chi connectivity index (χ4v) is 2.01. The summed E-state index contributed by atoms with van der Waals surface area (Å²) in [6.07, 6.45) is 3.17. The van der Waals surface area contributed by atoms with Crippen LogP contribution in [0.2, 0.25) is 0 Å².